The minimum absolute atomic E-state index is 0.0503. The molecule has 0 aliphatic rings. The summed E-state index contributed by atoms with van der Waals surface area (Å²) in [7, 11) is 0. The molecule has 5 nitrogen and oxygen atoms in total. The number of ketones is 1. The van der Waals surface area contributed by atoms with Crippen molar-refractivity contribution in [1.82, 2.24) is 5.32 Å². The Labute approximate surface area is 148 Å². The minimum atomic E-state index is -0.545. The van der Waals surface area contributed by atoms with E-state index >= 15 is 0 Å². The van der Waals surface area contributed by atoms with Crippen molar-refractivity contribution in [2.24, 2.45) is 0 Å². The molecule has 0 aliphatic heterocycles. The van der Waals surface area contributed by atoms with Gasteiger partial charge in [0.2, 0.25) is 0 Å². The third-order valence-electron chi connectivity index (χ3n) is 3.56. The van der Waals surface area contributed by atoms with Gasteiger partial charge in [0.15, 0.2) is 5.78 Å². The van der Waals surface area contributed by atoms with Crippen molar-refractivity contribution in [2.75, 3.05) is 13.2 Å². The van der Waals surface area contributed by atoms with E-state index in [0.717, 1.165) is 5.56 Å². The van der Waals surface area contributed by atoms with Crippen molar-refractivity contribution < 1.29 is 19.1 Å². The third kappa shape index (κ3) is 6.77. The summed E-state index contributed by atoms with van der Waals surface area (Å²) in [6.45, 7) is 2.65. The summed E-state index contributed by atoms with van der Waals surface area (Å²) in [5, 5.41) is 2.70. The summed E-state index contributed by atoms with van der Waals surface area (Å²) < 4.78 is 10.6. The lowest BCUT2D eigenvalue weighted by molar-refractivity contribution is 0.0793. The Morgan fingerprint density at radius 1 is 1.00 bits per heavy atom. The molecule has 0 bridgehead atoms. The van der Waals surface area contributed by atoms with Gasteiger partial charge in [-0.15, -0.1) is 0 Å². The molecule has 25 heavy (non-hydrogen) atoms. The van der Waals surface area contributed by atoms with E-state index in [0.29, 0.717) is 12.2 Å². The number of amides is 1. The molecule has 0 fully saturated rings. The third-order valence-corrected chi connectivity index (χ3v) is 3.56. The van der Waals surface area contributed by atoms with E-state index in [1.165, 1.54) is 0 Å². The summed E-state index contributed by atoms with van der Waals surface area (Å²) >= 11 is 0. The monoisotopic (exact) mass is 341 g/mol. The highest BCUT2D eigenvalue weighted by atomic mass is 16.5. The van der Waals surface area contributed by atoms with E-state index in [2.05, 4.69) is 5.32 Å². The van der Waals surface area contributed by atoms with Crippen LogP contribution in [0.4, 0.5) is 4.79 Å². The van der Waals surface area contributed by atoms with Crippen molar-refractivity contribution in [1.29, 1.82) is 0 Å². The first kappa shape index (κ1) is 18.7. The van der Waals surface area contributed by atoms with Crippen LogP contribution in [-0.2, 0) is 16.1 Å². The lowest BCUT2D eigenvalue weighted by Crippen LogP contribution is -2.40. The second-order valence-electron chi connectivity index (χ2n) is 5.56. The molecule has 0 spiro atoms. The van der Waals surface area contributed by atoms with Crippen LogP contribution in [0.15, 0.2) is 60.7 Å². The Bertz CT molecular complexity index is 658. The zero-order chi connectivity index (χ0) is 17.9. The molecule has 1 N–H and O–H groups in total. The molecule has 1 unspecified atom stereocenters. The molecule has 132 valence electrons. The molecule has 0 aliphatic carbocycles. The predicted molar refractivity (Wildman–Crippen MR) is 95.4 cm³/mol. The van der Waals surface area contributed by atoms with Gasteiger partial charge in [0.1, 0.15) is 0 Å². The maximum Gasteiger partial charge on any atom is 0.407 e. The first-order valence-electron chi connectivity index (χ1n) is 8.32. The highest BCUT2D eigenvalue weighted by Gasteiger charge is 2.18. The van der Waals surface area contributed by atoms with Gasteiger partial charge in [-0.05, 0) is 12.5 Å². The van der Waals surface area contributed by atoms with E-state index in [1.807, 2.05) is 48.5 Å². The molecular weight excluding hydrogens is 318 g/mol. The summed E-state index contributed by atoms with van der Waals surface area (Å²) in [5.41, 5.74) is 1.65. The van der Waals surface area contributed by atoms with Crippen LogP contribution in [0.25, 0.3) is 0 Å². The number of benzene rings is 2. The molecular formula is C20H23NO4. The Balaban J connectivity index is 1.92. The van der Waals surface area contributed by atoms with Crippen LogP contribution in [0.2, 0.25) is 0 Å². The van der Waals surface area contributed by atoms with Crippen molar-refractivity contribution in [3.05, 3.63) is 71.8 Å². The minimum Gasteiger partial charge on any atom is -0.450 e. The number of carbonyl (C=O) groups excluding carboxylic acids is 2. The average Bonchev–Trinajstić information content (AvgIpc) is 2.63. The first-order valence-corrected chi connectivity index (χ1v) is 8.32. The van der Waals surface area contributed by atoms with Crippen LogP contribution in [0, 0.1) is 0 Å². The second kappa shape index (κ2) is 10.3. The topological polar surface area (TPSA) is 64.6 Å². The average molecular weight is 341 g/mol. The lowest BCUT2D eigenvalue weighted by Gasteiger charge is -2.18. The number of hydrogen-bond donors (Lipinski definition) is 1. The van der Waals surface area contributed by atoms with Gasteiger partial charge in [0, 0.05) is 12.0 Å². The van der Waals surface area contributed by atoms with Crippen LogP contribution < -0.4 is 5.32 Å². The number of rotatable bonds is 9. The van der Waals surface area contributed by atoms with E-state index in [9.17, 15) is 9.59 Å². The molecule has 2 aromatic carbocycles. The fourth-order valence-corrected chi connectivity index (χ4v) is 2.35. The van der Waals surface area contributed by atoms with E-state index in [-0.39, 0.29) is 25.4 Å². The highest BCUT2D eigenvalue weighted by molar-refractivity contribution is 5.96. The van der Waals surface area contributed by atoms with E-state index in [1.54, 1.807) is 19.1 Å². The second-order valence-corrected chi connectivity index (χ2v) is 5.56. The molecule has 0 saturated heterocycles. The Morgan fingerprint density at radius 3 is 2.28 bits per heavy atom. The molecule has 0 aromatic heterocycles. The van der Waals surface area contributed by atoms with Crippen LogP contribution in [0.1, 0.15) is 29.3 Å². The maximum absolute atomic E-state index is 12.4. The van der Waals surface area contributed by atoms with Gasteiger partial charge in [-0.1, -0.05) is 60.7 Å². The van der Waals surface area contributed by atoms with Crippen LogP contribution >= 0.6 is 0 Å². The van der Waals surface area contributed by atoms with Crippen molar-refractivity contribution in [2.45, 2.75) is 26.0 Å². The normalized spacial score (nSPS) is 11.6. The lowest BCUT2D eigenvalue weighted by atomic mass is 10.0. The summed E-state index contributed by atoms with van der Waals surface area (Å²) in [6, 6.07) is 18.3. The molecule has 0 heterocycles. The molecule has 1 amide bonds. The van der Waals surface area contributed by atoms with Crippen LogP contribution in [0.5, 0.6) is 0 Å². The zero-order valence-electron chi connectivity index (χ0n) is 14.3. The Morgan fingerprint density at radius 2 is 1.64 bits per heavy atom. The summed E-state index contributed by atoms with van der Waals surface area (Å²) in [6.07, 6.45) is -0.394. The van der Waals surface area contributed by atoms with Gasteiger partial charge in [-0.2, -0.15) is 0 Å². The van der Waals surface area contributed by atoms with Gasteiger partial charge >= 0.3 is 6.09 Å². The fraction of sp³-hybridized carbons (Fsp3) is 0.300. The Kier molecular flexibility index (Phi) is 7.66. The van der Waals surface area contributed by atoms with Crippen molar-refractivity contribution in [3.8, 4) is 0 Å². The predicted octanol–water partition coefficient (Wildman–Crippen LogP) is 3.59. The largest absolute Gasteiger partial charge is 0.450 e. The van der Waals surface area contributed by atoms with Crippen LogP contribution in [-0.4, -0.2) is 31.1 Å². The zero-order valence-corrected chi connectivity index (χ0v) is 14.3. The molecule has 0 radical (unpaired) electrons. The smallest absolute Gasteiger partial charge is 0.407 e. The molecule has 5 heteroatoms. The van der Waals surface area contributed by atoms with Gasteiger partial charge in [-0.3, -0.25) is 4.79 Å². The van der Waals surface area contributed by atoms with E-state index < -0.39 is 12.1 Å². The number of hydrogen-bond acceptors (Lipinski definition) is 4. The SMILES string of the molecule is CCOC(=O)NC(COCc1ccccc1)CC(=O)c1ccccc1. The molecule has 2 rings (SSSR count). The quantitative estimate of drug-likeness (QED) is 0.708. The van der Waals surface area contributed by atoms with Gasteiger partial charge in [-0.25, -0.2) is 4.79 Å². The number of nitrogens with one attached hydrogen (secondary N) is 1. The maximum atomic E-state index is 12.4. The number of ether oxygens (including phenoxy) is 2. The summed E-state index contributed by atoms with van der Waals surface area (Å²) in [5.74, 6) is -0.0503. The van der Waals surface area contributed by atoms with Gasteiger partial charge in [0.05, 0.1) is 25.9 Å². The number of alkyl carbamates (subject to hydrolysis) is 1. The van der Waals surface area contributed by atoms with Crippen molar-refractivity contribution >= 4 is 11.9 Å². The summed E-state index contributed by atoms with van der Waals surface area (Å²) in [4.78, 5) is 24.1. The first-order chi connectivity index (χ1) is 12.2. The highest BCUT2D eigenvalue weighted by Crippen LogP contribution is 2.08. The number of Topliss-reactive ketones (excluding diaryl/α,β-unsaturated/α-hetero) is 1. The molecule has 0 saturated carbocycles. The number of carbonyl (C=O) groups is 2. The van der Waals surface area contributed by atoms with Crippen molar-refractivity contribution in [3.63, 3.8) is 0 Å². The van der Waals surface area contributed by atoms with Crippen LogP contribution in [0.3, 0.4) is 0 Å². The fourth-order valence-electron chi connectivity index (χ4n) is 2.35. The standard InChI is InChI=1S/C20H23NO4/c1-2-25-20(23)21-18(13-19(22)17-11-7-4-8-12-17)15-24-14-16-9-5-3-6-10-16/h3-12,18H,2,13-15H2,1H3,(H,21,23). The molecule has 1 atom stereocenters. The van der Waals surface area contributed by atoms with Gasteiger partial charge in [0.25, 0.3) is 0 Å². The van der Waals surface area contributed by atoms with E-state index in [4.69, 9.17) is 9.47 Å². The Hall–Kier alpha value is -2.66. The molecule has 2 aromatic rings. The van der Waals surface area contributed by atoms with Gasteiger partial charge < -0.3 is 14.8 Å².